The lowest BCUT2D eigenvalue weighted by Crippen LogP contribution is -2.39. The molecule has 0 spiro atoms. The summed E-state index contributed by atoms with van der Waals surface area (Å²) >= 11 is 0. The van der Waals surface area contributed by atoms with Gasteiger partial charge < -0.3 is 5.73 Å². The van der Waals surface area contributed by atoms with Gasteiger partial charge in [-0.15, -0.1) is 0 Å². The zero-order valence-electron chi connectivity index (χ0n) is 11.4. The van der Waals surface area contributed by atoms with Crippen LogP contribution < -0.4 is 5.73 Å². The highest BCUT2D eigenvalue weighted by molar-refractivity contribution is 5.42. The first-order valence-electron chi connectivity index (χ1n) is 5.96. The molecule has 0 amide bonds. The largest absolute Gasteiger partial charge is 0.396 e. The molecule has 1 aromatic carbocycles. The predicted octanol–water partition coefficient (Wildman–Crippen LogP) is 3.27. The molecular formula is C14H23FN2. The van der Waals surface area contributed by atoms with Gasteiger partial charge in [-0.1, -0.05) is 32.9 Å². The highest BCUT2D eigenvalue weighted by atomic mass is 19.1. The van der Waals surface area contributed by atoms with Gasteiger partial charge in [-0.2, -0.15) is 0 Å². The average molecular weight is 238 g/mol. The maximum Gasteiger partial charge on any atom is 0.150 e. The van der Waals surface area contributed by atoms with E-state index in [4.69, 9.17) is 5.73 Å². The van der Waals surface area contributed by atoms with Gasteiger partial charge in [0.2, 0.25) is 0 Å². The lowest BCUT2D eigenvalue weighted by molar-refractivity contribution is 0.133. The molecule has 96 valence electrons. The number of halogens is 1. The Morgan fingerprint density at radius 3 is 2.47 bits per heavy atom. The number of nitrogens with zero attached hydrogens (tertiary/aromatic N) is 1. The standard InChI is InChI=1S/C14H23FN2/c1-10(14(2,3)4)17(5)9-11-7-6-8-12(16)13(11)15/h6-8,10H,9,16H2,1-5H3. The Morgan fingerprint density at radius 1 is 1.35 bits per heavy atom. The zero-order valence-corrected chi connectivity index (χ0v) is 11.4. The number of hydrogen-bond acceptors (Lipinski definition) is 2. The lowest BCUT2D eigenvalue weighted by Gasteiger charge is -2.35. The SMILES string of the molecule is CC(N(C)Cc1cccc(N)c1F)C(C)(C)C. The second-order valence-electron chi connectivity index (χ2n) is 5.78. The molecule has 2 N–H and O–H groups in total. The minimum absolute atomic E-state index is 0.172. The molecule has 0 aliphatic heterocycles. The van der Waals surface area contributed by atoms with Crippen LogP contribution in [0.15, 0.2) is 18.2 Å². The third-order valence-corrected chi connectivity index (χ3v) is 3.44. The first-order valence-corrected chi connectivity index (χ1v) is 5.96. The smallest absolute Gasteiger partial charge is 0.150 e. The van der Waals surface area contributed by atoms with Crippen LogP contribution in [0.25, 0.3) is 0 Å². The second-order valence-corrected chi connectivity index (χ2v) is 5.78. The summed E-state index contributed by atoms with van der Waals surface area (Å²) in [7, 11) is 2.01. The molecule has 0 fully saturated rings. The summed E-state index contributed by atoms with van der Waals surface area (Å²) in [6.45, 7) is 9.29. The summed E-state index contributed by atoms with van der Waals surface area (Å²) in [5.41, 5.74) is 6.61. The van der Waals surface area contributed by atoms with Gasteiger partial charge in [0.05, 0.1) is 5.69 Å². The number of anilines is 1. The summed E-state index contributed by atoms with van der Waals surface area (Å²) in [5.74, 6) is -0.291. The van der Waals surface area contributed by atoms with Crippen LogP contribution in [0.1, 0.15) is 33.3 Å². The first kappa shape index (κ1) is 14.0. The van der Waals surface area contributed by atoms with Crippen molar-refractivity contribution in [3.05, 3.63) is 29.6 Å². The van der Waals surface area contributed by atoms with Crippen molar-refractivity contribution in [3.8, 4) is 0 Å². The van der Waals surface area contributed by atoms with Crippen LogP contribution in [0.5, 0.6) is 0 Å². The summed E-state index contributed by atoms with van der Waals surface area (Å²) in [6.07, 6.45) is 0. The van der Waals surface area contributed by atoms with E-state index in [0.29, 0.717) is 18.2 Å². The van der Waals surface area contributed by atoms with Crippen molar-refractivity contribution >= 4 is 5.69 Å². The number of hydrogen-bond donors (Lipinski definition) is 1. The van der Waals surface area contributed by atoms with E-state index in [9.17, 15) is 4.39 Å². The molecule has 0 saturated carbocycles. The minimum Gasteiger partial charge on any atom is -0.396 e. The molecule has 0 heterocycles. The van der Waals surface area contributed by atoms with E-state index in [1.807, 2.05) is 7.05 Å². The topological polar surface area (TPSA) is 29.3 Å². The fourth-order valence-corrected chi connectivity index (χ4v) is 1.79. The van der Waals surface area contributed by atoms with E-state index in [1.165, 1.54) is 0 Å². The molecule has 1 unspecified atom stereocenters. The number of nitrogen functional groups attached to an aromatic ring is 1. The van der Waals surface area contributed by atoms with Crippen molar-refractivity contribution in [2.45, 2.75) is 40.3 Å². The molecule has 0 radical (unpaired) electrons. The van der Waals surface area contributed by atoms with Gasteiger partial charge >= 0.3 is 0 Å². The Balaban J connectivity index is 2.81. The Kier molecular flexibility index (Phi) is 4.15. The molecule has 1 aromatic rings. The quantitative estimate of drug-likeness (QED) is 0.819. The van der Waals surface area contributed by atoms with Gasteiger partial charge in [0.25, 0.3) is 0 Å². The molecule has 3 heteroatoms. The molecule has 1 rings (SSSR count). The first-order chi connectivity index (χ1) is 7.73. The molecule has 0 saturated heterocycles. The van der Waals surface area contributed by atoms with Crippen LogP contribution in [0.3, 0.4) is 0 Å². The fourth-order valence-electron chi connectivity index (χ4n) is 1.79. The van der Waals surface area contributed by atoms with Gasteiger partial charge in [0.1, 0.15) is 0 Å². The molecule has 17 heavy (non-hydrogen) atoms. The van der Waals surface area contributed by atoms with Gasteiger partial charge in [-0.3, -0.25) is 4.90 Å². The normalized spacial score (nSPS) is 14.1. The van der Waals surface area contributed by atoms with Crippen molar-refractivity contribution < 1.29 is 4.39 Å². The van der Waals surface area contributed by atoms with Crippen molar-refractivity contribution in [1.29, 1.82) is 0 Å². The van der Waals surface area contributed by atoms with E-state index in [0.717, 1.165) is 0 Å². The second kappa shape index (κ2) is 5.05. The van der Waals surface area contributed by atoms with Crippen LogP contribution in [0.4, 0.5) is 10.1 Å². The fraction of sp³-hybridized carbons (Fsp3) is 0.571. The highest BCUT2D eigenvalue weighted by Gasteiger charge is 2.24. The van der Waals surface area contributed by atoms with E-state index in [-0.39, 0.29) is 16.9 Å². The molecule has 0 aromatic heterocycles. The van der Waals surface area contributed by atoms with Gasteiger partial charge in [0, 0.05) is 18.2 Å². The van der Waals surface area contributed by atoms with Crippen molar-refractivity contribution in [2.24, 2.45) is 5.41 Å². The van der Waals surface area contributed by atoms with Crippen LogP contribution >= 0.6 is 0 Å². The number of rotatable bonds is 3. The Hall–Kier alpha value is -1.09. The highest BCUT2D eigenvalue weighted by Crippen LogP contribution is 2.25. The van der Waals surface area contributed by atoms with E-state index in [1.54, 1.807) is 18.2 Å². The molecule has 2 nitrogen and oxygen atoms in total. The Morgan fingerprint density at radius 2 is 1.94 bits per heavy atom. The van der Waals surface area contributed by atoms with Crippen LogP contribution in [0.2, 0.25) is 0 Å². The Labute approximate surface area is 104 Å². The number of benzene rings is 1. The van der Waals surface area contributed by atoms with Crippen molar-refractivity contribution in [3.63, 3.8) is 0 Å². The molecular weight excluding hydrogens is 215 g/mol. The third kappa shape index (κ3) is 3.43. The molecule has 1 atom stereocenters. The van der Waals surface area contributed by atoms with Gasteiger partial charge in [-0.25, -0.2) is 4.39 Å². The lowest BCUT2D eigenvalue weighted by atomic mass is 9.87. The van der Waals surface area contributed by atoms with Gasteiger partial charge in [0.15, 0.2) is 5.82 Å². The molecule has 0 aliphatic rings. The summed E-state index contributed by atoms with van der Waals surface area (Å²) < 4.78 is 13.8. The van der Waals surface area contributed by atoms with Crippen LogP contribution in [-0.4, -0.2) is 18.0 Å². The monoisotopic (exact) mass is 238 g/mol. The maximum atomic E-state index is 13.8. The Bertz CT molecular complexity index is 382. The third-order valence-electron chi connectivity index (χ3n) is 3.44. The van der Waals surface area contributed by atoms with Crippen LogP contribution in [-0.2, 0) is 6.54 Å². The number of nitrogens with two attached hydrogens (primary N) is 1. The van der Waals surface area contributed by atoms with E-state index >= 15 is 0 Å². The summed E-state index contributed by atoms with van der Waals surface area (Å²) in [6, 6.07) is 5.54. The van der Waals surface area contributed by atoms with E-state index in [2.05, 4.69) is 32.6 Å². The van der Waals surface area contributed by atoms with Crippen molar-refractivity contribution in [2.75, 3.05) is 12.8 Å². The minimum atomic E-state index is -0.291. The summed E-state index contributed by atoms with van der Waals surface area (Å²) in [5, 5.41) is 0. The molecule has 0 bridgehead atoms. The maximum absolute atomic E-state index is 13.8. The van der Waals surface area contributed by atoms with Crippen LogP contribution in [0, 0.1) is 11.2 Å². The zero-order chi connectivity index (χ0) is 13.2. The average Bonchev–Trinajstić information content (AvgIpc) is 2.22. The summed E-state index contributed by atoms with van der Waals surface area (Å²) in [4.78, 5) is 2.15. The predicted molar refractivity (Wildman–Crippen MR) is 71.2 cm³/mol. The van der Waals surface area contributed by atoms with Crippen molar-refractivity contribution in [1.82, 2.24) is 4.90 Å². The van der Waals surface area contributed by atoms with Gasteiger partial charge in [-0.05, 0) is 25.5 Å². The van der Waals surface area contributed by atoms with E-state index < -0.39 is 0 Å². The molecule has 0 aliphatic carbocycles.